The van der Waals surface area contributed by atoms with Crippen molar-refractivity contribution in [3.8, 4) is 11.4 Å². The van der Waals surface area contributed by atoms with Gasteiger partial charge in [-0.1, -0.05) is 31.9 Å². The second kappa shape index (κ2) is 6.88. The zero-order valence-electron chi connectivity index (χ0n) is 10.9. The minimum Gasteiger partial charge on any atom is -0.258 e. The first kappa shape index (κ1) is 16.4. The van der Waals surface area contributed by atoms with E-state index < -0.39 is 9.85 Å². The molecule has 0 aromatic carbocycles. The first-order valence-corrected chi connectivity index (χ1v) is 8.12. The van der Waals surface area contributed by atoms with E-state index in [2.05, 4.69) is 41.8 Å². The maximum Gasteiger partial charge on any atom is 0.273 e. The van der Waals surface area contributed by atoms with Crippen LogP contribution in [-0.4, -0.2) is 19.8 Å². The third-order valence-corrected chi connectivity index (χ3v) is 3.83. The number of rotatable bonds is 5. The van der Waals surface area contributed by atoms with Crippen LogP contribution in [0, 0.1) is 20.2 Å². The summed E-state index contributed by atoms with van der Waals surface area (Å²) in [7, 11) is 0. The van der Waals surface area contributed by atoms with E-state index in [0.29, 0.717) is 22.0 Å². The number of nitro groups is 2. The van der Waals surface area contributed by atoms with Crippen molar-refractivity contribution in [3.05, 3.63) is 55.9 Å². The first-order chi connectivity index (χ1) is 10.4. The standard InChI is InChI=1S/C12H8Br2N4O4/c13-5-7-1-9(17(19)20)3-11(15-7)12-4-10(18(21)22)2-8(6-14)16-12/h1-4H,5-6H2. The molecule has 0 saturated heterocycles. The fourth-order valence-electron chi connectivity index (χ4n) is 1.75. The van der Waals surface area contributed by atoms with Gasteiger partial charge in [0.05, 0.1) is 32.6 Å². The molecule has 0 saturated carbocycles. The van der Waals surface area contributed by atoms with Gasteiger partial charge in [0.1, 0.15) is 0 Å². The van der Waals surface area contributed by atoms with E-state index >= 15 is 0 Å². The average Bonchev–Trinajstić information content (AvgIpc) is 2.53. The molecule has 0 amide bonds. The van der Waals surface area contributed by atoms with Gasteiger partial charge in [-0.25, -0.2) is 9.97 Å². The molecule has 0 spiro atoms. The van der Waals surface area contributed by atoms with Gasteiger partial charge in [0.2, 0.25) is 0 Å². The molecule has 0 N–H and O–H groups in total. The highest BCUT2D eigenvalue weighted by Crippen LogP contribution is 2.26. The van der Waals surface area contributed by atoms with Gasteiger partial charge in [-0.2, -0.15) is 0 Å². The molecule has 2 aromatic heterocycles. The smallest absolute Gasteiger partial charge is 0.258 e. The first-order valence-electron chi connectivity index (χ1n) is 5.87. The summed E-state index contributed by atoms with van der Waals surface area (Å²) in [5.41, 5.74) is 1.03. The maximum absolute atomic E-state index is 11.0. The van der Waals surface area contributed by atoms with E-state index in [4.69, 9.17) is 0 Å². The molecule has 22 heavy (non-hydrogen) atoms. The van der Waals surface area contributed by atoms with Gasteiger partial charge >= 0.3 is 0 Å². The van der Waals surface area contributed by atoms with Crippen LogP contribution in [0.25, 0.3) is 11.4 Å². The Morgan fingerprint density at radius 3 is 1.45 bits per heavy atom. The third-order valence-electron chi connectivity index (χ3n) is 2.68. The minimum atomic E-state index is -0.542. The van der Waals surface area contributed by atoms with Crippen molar-refractivity contribution < 1.29 is 9.85 Å². The summed E-state index contributed by atoms with van der Waals surface area (Å²) in [6.45, 7) is 0. The van der Waals surface area contributed by atoms with Crippen LogP contribution in [-0.2, 0) is 10.7 Å². The molecule has 0 fully saturated rings. The summed E-state index contributed by atoms with van der Waals surface area (Å²) in [6, 6.07) is 5.16. The largest absolute Gasteiger partial charge is 0.273 e. The number of aromatic nitrogens is 2. The zero-order chi connectivity index (χ0) is 16.3. The van der Waals surface area contributed by atoms with E-state index in [-0.39, 0.29) is 22.8 Å². The highest BCUT2D eigenvalue weighted by atomic mass is 79.9. The Morgan fingerprint density at radius 1 is 0.818 bits per heavy atom. The number of hydrogen-bond acceptors (Lipinski definition) is 6. The third kappa shape index (κ3) is 3.63. The molecule has 0 radical (unpaired) electrons. The molecule has 0 bridgehead atoms. The van der Waals surface area contributed by atoms with E-state index in [0.717, 1.165) is 0 Å². The number of nitrogens with zero attached hydrogens (tertiary/aromatic N) is 4. The van der Waals surface area contributed by atoms with Crippen LogP contribution < -0.4 is 0 Å². The fraction of sp³-hybridized carbons (Fsp3) is 0.167. The van der Waals surface area contributed by atoms with Gasteiger partial charge in [0.25, 0.3) is 11.4 Å². The van der Waals surface area contributed by atoms with E-state index in [1.165, 1.54) is 24.3 Å². The van der Waals surface area contributed by atoms with Gasteiger partial charge < -0.3 is 0 Å². The lowest BCUT2D eigenvalue weighted by Gasteiger charge is -2.05. The van der Waals surface area contributed by atoms with Crippen LogP contribution in [0.4, 0.5) is 11.4 Å². The molecule has 2 aromatic rings. The van der Waals surface area contributed by atoms with Crippen molar-refractivity contribution in [2.75, 3.05) is 0 Å². The van der Waals surface area contributed by atoms with Gasteiger partial charge in [-0.05, 0) is 0 Å². The highest BCUT2D eigenvalue weighted by Gasteiger charge is 2.17. The van der Waals surface area contributed by atoms with Crippen LogP contribution in [0.1, 0.15) is 11.4 Å². The average molecular weight is 432 g/mol. The van der Waals surface area contributed by atoms with Crippen LogP contribution in [0.2, 0.25) is 0 Å². The Balaban J connectivity index is 2.64. The van der Waals surface area contributed by atoms with Gasteiger partial charge in [0.15, 0.2) is 0 Å². The second-order valence-corrected chi connectivity index (χ2v) is 5.31. The normalized spacial score (nSPS) is 10.5. The summed E-state index contributed by atoms with van der Waals surface area (Å²) in [5.74, 6) is 0. The minimum absolute atomic E-state index is 0.145. The summed E-state index contributed by atoms with van der Waals surface area (Å²) in [4.78, 5) is 29.3. The molecular formula is C12H8Br2N4O4. The van der Waals surface area contributed by atoms with Crippen LogP contribution in [0.3, 0.4) is 0 Å². The Labute approximate surface area is 141 Å². The molecule has 0 aliphatic rings. The van der Waals surface area contributed by atoms with Crippen molar-refractivity contribution in [2.45, 2.75) is 10.7 Å². The Hall–Kier alpha value is -1.94. The molecule has 114 valence electrons. The maximum atomic E-state index is 11.0. The lowest BCUT2D eigenvalue weighted by Crippen LogP contribution is -1.99. The molecular weight excluding hydrogens is 424 g/mol. The number of hydrogen-bond donors (Lipinski definition) is 0. The summed E-state index contributed by atoms with van der Waals surface area (Å²) < 4.78 is 0. The van der Waals surface area contributed by atoms with Crippen molar-refractivity contribution in [2.24, 2.45) is 0 Å². The van der Waals surface area contributed by atoms with Crippen molar-refractivity contribution in [1.82, 2.24) is 9.97 Å². The molecule has 0 aliphatic heterocycles. The molecule has 8 nitrogen and oxygen atoms in total. The topological polar surface area (TPSA) is 112 Å². The summed E-state index contributed by atoms with van der Waals surface area (Å²) >= 11 is 6.38. The van der Waals surface area contributed by atoms with E-state index in [9.17, 15) is 20.2 Å². The number of alkyl halides is 2. The SMILES string of the molecule is O=[N+]([O-])c1cc(CBr)nc(-c2cc([N+](=O)[O-])cc(CBr)n2)c1. The predicted molar refractivity (Wildman–Crippen MR) is 86.0 cm³/mol. The van der Waals surface area contributed by atoms with Crippen LogP contribution in [0.15, 0.2) is 24.3 Å². The number of pyridine rings is 2. The lowest BCUT2D eigenvalue weighted by molar-refractivity contribution is -0.385. The quantitative estimate of drug-likeness (QED) is 0.404. The fourth-order valence-corrected chi connectivity index (χ4v) is 2.33. The molecule has 0 atom stereocenters. The molecule has 0 unspecified atom stereocenters. The monoisotopic (exact) mass is 430 g/mol. The molecule has 10 heteroatoms. The van der Waals surface area contributed by atoms with Gasteiger partial charge in [-0.15, -0.1) is 0 Å². The second-order valence-electron chi connectivity index (χ2n) is 4.19. The van der Waals surface area contributed by atoms with E-state index in [1.54, 1.807) is 0 Å². The van der Waals surface area contributed by atoms with Crippen molar-refractivity contribution in [1.29, 1.82) is 0 Å². The molecule has 0 aliphatic carbocycles. The Morgan fingerprint density at radius 2 is 1.18 bits per heavy atom. The van der Waals surface area contributed by atoms with E-state index in [1.807, 2.05) is 0 Å². The summed E-state index contributed by atoms with van der Waals surface area (Å²) in [5, 5.41) is 22.6. The van der Waals surface area contributed by atoms with Gasteiger partial charge in [0, 0.05) is 34.9 Å². The molecule has 2 heterocycles. The Kier molecular flexibility index (Phi) is 5.14. The van der Waals surface area contributed by atoms with Gasteiger partial charge in [-0.3, -0.25) is 20.2 Å². The predicted octanol–water partition coefficient (Wildman–Crippen LogP) is 3.75. The van der Waals surface area contributed by atoms with Crippen LogP contribution >= 0.6 is 31.9 Å². The van der Waals surface area contributed by atoms with Crippen molar-refractivity contribution >= 4 is 43.2 Å². The summed E-state index contributed by atoms with van der Waals surface area (Å²) in [6.07, 6.45) is 0. The number of halogens is 2. The highest BCUT2D eigenvalue weighted by molar-refractivity contribution is 9.08. The molecule has 2 rings (SSSR count). The zero-order valence-corrected chi connectivity index (χ0v) is 14.1. The Bertz CT molecular complexity index is 690. The van der Waals surface area contributed by atoms with Crippen LogP contribution in [0.5, 0.6) is 0 Å². The lowest BCUT2D eigenvalue weighted by atomic mass is 10.2. The van der Waals surface area contributed by atoms with Crippen molar-refractivity contribution in [3.63, 3.8) is 0 Å².